The van der Waals surface area contributed by atoms with Crippen LogP contribution in [-0.2, 0) is 9.59 Å². The summed E-state index contributed by atoms with van der Waals surface area (Å²) in [6.45, 7) is 3.48. The van der Waals surface area contributed by atoms with Gasteiger partial charge in [-0.2, -0.15) is 5.10 Å². The van der Waals surface area contributed by atoms with Crippen LogP contribution in [-0.4, -0.2) is 27.2 Å². The van der Waals surface area contributed by atoms with E-state index in [2.05, 4.69) is 20.9 Å². The second kappa shape index (κ2) is 7.30. The van der Waals surface area contributed by atoms with Crippen molar-refractivity contribution < 1.29 is 9.59 Å². The fraction of sp³-hybridized carbons (Fsp3) is 0.267. The number of hydrogen-bond acceptors (Lipinski definition) is 5. The molecule has 0 saturated carbocycles. The number of nitrogens with one attached hydrogen (secondary N) is 2. The normalized spacial score (nSPS) is 10.2. The number of hydrazone groups is 1. The van der Waals surface area contributed by atoms with Crippen molar-refractivity contribution in [2.24, 2.45) is 5.10 Å². The summed E-state index contributed by atoms with van der Waals surface area (Å²) in [5, 5.41) is 4.16. The van der Waals surface area contributed by atoms with Crippen LogP contribution >= 0.6 is 0 Å². The number of carbonyl (C=O) groups is 2. The van der Waals surface area contributed by atoms with Gasteiger partial charge in [-0.1, -0.05) is 12.1 Å². The van der Waals surface area contributed by atoms with E-state index in [1.54, 1.807) is 38.1 Å². The van der Waals surface area contributed by atoms with Gasteiger partial charge in [0.15, 0.2) is 0 Å². The average Bonchev–Trinajstić information content (AvgIpc) is 2.54. The van der Waals surface area contributed by atoms with Crippen LogP contribution in [0.3, 0.4) is 0 Å². The molecule has 8 nitrogen and oxygen atoms in total. The molecule has 2 N–H and O–H groups in total. The molecule has 0 atom stereocenters. The predicted molar refractivity (Wildman–Crippen MR) is 86.5 cm³/mol. The Morgan fingerprint density at radius 1 is 1.17 bits per heavy atom. The van der Waals surface area contributed by atoms with Crippen molar-refractivity contribution in [1.82, 2.24) is 15.1 Å². The molecule has 2 amide bonds. The number of fused-ring (bicyclic) bond motifs is 1. The molecular weight excluding hydrogens is 298 g/mol. The summed E-state index contributed by atoms with van der Waals surface area (Å²) in [6, 6.07) is 6.84. The number of amides is 2. The highest BCUT2D eigenvalue weighted by Crippen LogP contribution is 2.04. The van der Waals surface area contributed by atoms with Gasteiger partial charge in [0.25, 0.3) is 5.56 Å². The monoisotopic (exact) mass is 315 g/mol. The van der Waals surface area contributed by atoms with Crippen LogP contribution in [0, 0.1) is 0 Å². The second-order valence-corrected chi connectivity index (χ2v) is 5.07. The lowest BCUT2D eigenvalue weighted by Crippen LogP contribution is -2.33. The Morgan fingerprint density at radius 3 is 2.61 bits per heavy atom. The van der Waals surface area contributed by atoms with Crippen LogP contribution in [0.25, 0.3) is 10.9 Å². The quantitative estimate of drug-likeness (QED) is 0.627. The molecule has 0 spiro atoms. The van der Waals surface area contributed by atoms with Crippen molar-refractivity contribution >= 4 is 28.4 Å². The van der Waals surface area contributed by atoms with Gasteiger partial charge in [0.2, 0.25) is 11.8 Å². The molecule has 2 rings (SSSR count). The van der Waals surface area contributed by atoms with Gasteiger partial charge in [-0.3, -0.25) is 19.8 Å². The van der Waals surface area contributed by atoms with Crippen molar-refractivity contribution in [3.8, 4) is 0 Å². The Morgan fingerprint density at radius 2 is 1.87 bits per heavy atom. The smallest absolute Gasteiger partial charge is 0.273 e. The van der Waals surface area contributed by atoms with Gasteiger partial charge in [0.05, 0.1) is 10.9 Å². The van der Waals surface area contributed by atoms with E-state index in [1.165, 1.54) is 6.33 Å². The summed E-state index contributed by atoms with van der Waals surface area (Å²) in [5.41, 5.74) is 5.62. The number of carbonyl (C=O) groups excluding carboxylic acids is 2. The van der Waals surface area contributed by atoms with Gasteiger partial charge in [-0.25, -0.2) is 15.1 Å². The Labute approximate surface area is 132 Å². The topological polar surface area (TPSA) is 105 Å². The zero-order valence-corrected chi connectivity index (χ0v) is 12.9. The Hall–Kier alpha value is -3.03. The summed E-state index contributed by atoms with van der Waals surface area (Å²) < 4.78 is 1.01. The van der Waals surface area contributed by atoms with Gasteiger partial charge >= 0.3 is 0 Å². The van der Waals surface area contributed by atoms with E-state index in [0.717, 1.165) is 4.68 Å². The summed E-state index contributed by atoms with van der Waals surface area (Å²) in [4.78, 5) is 39.6. The molecule has 1 aromatic carbocycles. The van der Waals surface area contributed by atoms with Gasteiger partial charge in [0.1, 0.15) is 6.33 Å². The minimum absolute atomic E-state index is 0.0294. The first-order valence-electron chi connectivity index (χ1n) is 7.03. The zero-order valence-electron chi connectivity index (χ0n) is 12.9. The van der Waals surface area contributed by atoms with E-state index in [1.807, 2.05) is 0 Å². The van der Waals surface area contributed by atoms with E-state index in [9.17, 15) is 14.4 Å². The summed E-state index contributed by atoms with van der Waals surface area (Å²) >= 11 is 0. The molecule has 1 heterocycles. The summed E-state index contributed by atoms with van der Waals surface area (Å²) in [5.74, 6) is -0.832. The maximum Gasteiger partial charge on any atom is 0.280 e. The Bertz CT molecular complexity index is 821. The highest BCUT2D eigenvalue weighted by atomic mass is 16.2. The molecule has 0 aliphatic carbocycles. The lowest BCUT2D eigenvalue weighted by Gasteiger charge is -2.08. The Balaban J connectivity index is 1.98. The maximum atomic E-state index is 12.2. The zero-order chi connectivity index (χ0) is 16.8. The molecule has 0 aliphatic rings. The molecule has 0 fully saturated rings. The van der Waals surface area contributed by atoms with E-state index in [0.29, 0.717) is 16.6 Å². The third-order valence-electron chi connectivity index (χ3n) is 2.89. The second-order valence-electron chi connectivity index (χ2n) is 5.07. The van der Waals surface area contributed by atoms with Crippen molar-refractivity contribution in [3.63, 3.8) is 0 Å². The van der Waals surface area contributed by atoms with E-state index in [4.69, 9.17) is 0 Å². The first-order chi connectivity index (χ1) is 11.0. The molecule has 0 aliphatic heterocycles. The van der Waals surface area contributed by atoms with Crippen LogP contribution in [0.5, 0.6) is 0 Å². The third-order valence-corrected chi connectivity index (χ3v) is 2.89. The first kappa shape index (κ1) is 16.3. The molecule has 8 heteroatoms. The molecule has 23 heavy (non-hydrogen) atoms. The molecule has 1 aromatic heterocycles. The third kappa shape index (κ3) is 4.47. The van der Waals surface area contributed by atoms with Crippen LogP contribution in [0.1, 0.15) is 26.7 Å². The highest BCUT2D eigenvalue weighted by Gasteiger charge is 2.09. The van der Waals surface area contributed by atoms with Crippen LogP contribution in [0.2, 0.25) is 0 Å². The van der Waals surface area contributed by atoms with E-state index < -0.39 is 5.91 Å². The fourth-order valence-corrected chi connectivity index (χ4v) is 1.80. The molecule has 0 saturated heterocycles. The SMILES string of the molecule is CC(C)=NNC(=O)CCC(=O)Nn1cnc2ccccc2c1=O. The van der Waals surface area contributed by atoms with Crippen molar-refractivity contribution in [1.29, 1.82) is 0 Å². The minimum atomic E-state index is -0.462. The molecule has 0 unspecified atom stereocenters. The van der Waals surface area contributed by atoms with Crippen molar-refractivity contribution in [3.05, 3.63) is 40.9 Å². The molecule has 120 valence electrons. The first-order valence-corrected chi connectivity index (χ1v) is 7.03. The lowest BCUT2D eigenvalue weighted by molar-refractivity contribution is -0.124. The fourth-order valence-electron chi connectivity index (χ4n) is 1.80. The number of nitrogens with zero attached hydrogens (tertiary/aromatic N) is 3. The van der Waals surface area contributed by atoms with Crippen molar-refractivity contribution in [2.45, 2.75) is 26.7 Å². The molecule has 2 aromatic rings. The number of benzene rings is 1. The van der Waals surface area contributed by atoms with Crippen molar-refractivity contribution in [2.75, 3.05) is 5.43 Å². The van der Waals surface area contributed by atoms with Gasteiger partial charge in [-0.05, 0) is 26.0 Å². The lowest BCUT2D eigenvalue weighted by atomic mass is 10.2. The number of aromatic nitrogens is 2. The largest absolute Gasteiger partial charge is 0.280 e. The number of para-hydroxylation sites is 1. The molecular formula is C15H17N5O3. The van der Waals surface area contributed by atoms with Crippen LogP contribution < -0.4 is 16.4 Å². The maximum absolute atomic E-state index is 12.2. The van der Waals surface area contributed by atoms with Gasteiger partial charge < -0.3 is 0 Å². The predicted octanol–water partition coefficient (Wildman–Crippen LogP) is 0.759. The molecule has 0 bridgehead atoms. The standard InChI is InChI=1S/C15H17N5O3/c1-10(2)17-18-13(21)7-8-14(22)19-20-9-16-12-6-4-3-5-11(12)15(20)23/h3-6,9H,7-8H2,1-2H3,(H,18,21)(H,19,22). The Kier molecular flexibility index (Phi) is 5.19. The highest BCUT2D eigenvalue weighted by molar-refractivity contribution is 5.89. The van der Waals surface area contributed by atoms with Crippen LogP contribution in [0.15, 0.2) is 40.5 Å². The summed E-state index contributed by atoms with van der Waals surface area (Å²) in [7, 11) is 0. The van der Waals surface area contributed by atoms with Crippen LogP contribution in [0.4, 0.5) is 0 Å². The van der Waals surface area contributed by atoms with E-state index in [-0.39, 0.29) is 24.3 Å². The minimum Gasteiger partial charge on any atom is -0.273 e. The molecule has 0 radical (unpaired) electrons. The average molecular weight is 315 g/mol. The van der Waals surface area contributed by atoms with Gasteiger partial charge in [-0.15, -0.1) is 0 Å². The van der Waals surface area contributed by atoms with E-state index >= 15 is 0 Å². The number of hydrogen-bond donors (Lipinski definition) is 2. The summed E-state index contributed by atoms with van der Waals surface area (Å²) in [6.07, 6.45) is 1.15. The van der Waals surface area contributed by atoms with Gasteiger partial charge in [0, 0.05) is 18.6 Å². The number of rotatable bonds is 5.